The maximum Gasteiger partial charge on any atom is 2.00 e. The number of rotatable bonds is 2. The first-order valence-electron chi connectivity index (χ1n) is 15.1. The van der Waals surface area contributed by atoms with E-state index in [1.807, 2.05) is 0 Å². The van der Waals surface area contributed by atoms with Gasteiger partial charge in [0.05, 0.1) is 89.1 Å². The largest absolute Gasteiger partial charge is 2.00 e. The summed E-state index contributed by atoms with van der Waals surface area (Å²) in [6.07, 6.45) is 0. The van der Waals surface area contributed by atoms with Crippen LogP contribution in [0.1, 0.15) is 0 Å². The molecule has 17 heteroatoms. The molecule has 0 unspecified atom stereocenters. The molecule has 0 amide bonds. The summed E-state index contributed by atoms with van der Waals surface area (Å²) in [5.74, 6) is -0.434. The molecule has 0 saturated carbocycles. The van der Waals surface area contributed by atoms with E-state index >= 15 is 0 Å². The first kappa shape index (κ1) is 42.8. The average molecular weight is 693 g/mol. The van der Waals surface area contributed by atoms with E-state index in [0.29, 0.717) is 79.3 Å². The standard InChI is InChI=1S/C18H36N2O6.2C6H5NO3.Ca/c1-7-21-13-14-24-10-4-20-5-11-25-17-15-22-8-2-19(1)3-9-23-16-18-26-12-6-20;2*8-6-3-1-5(2-4-6)7(9)10;/h1-18H2;2*1-4,8H;/q;;;+2/p-2. The monoisotopic (exact) mass is 692 g/mol. The fraction of sp³-hybridized carbons (Fsp3) is 0.600. The number of non-ortho nitro benzene ring substituents is 2. The van der Waals surface area contributed by atoms with Gasteiger partial charge in [-0.25, -0.2) is 0 Å². The minimum Gasteiger partial charge on any atom is -0.872 e. The van der Waals surface area contributed by atoms with Crippen molar-refractivity contribution in [2.24, 2.45) is 0 Å². The molecule has 3 saturated heterocycles. The van der Waals surface area contributed by atoms with Gasteiger partial charge >= 0.3 is 37.7 Å². The zero-order valence-electron chi connectivity index (χ0n) is 26.7. The molecule has 0 aromatic heterocycles. The molecule has 0 spiro atoms. The zero-order valence-corrected chi connectivity index (χ0v) is 29.0. The third kappa shape index (κ3) is 22.1. The van der Waals surface area contributed by atoms with E-state index in [0.717, 1.165) is 63.5 Å². The van der Waals surface area contributed by atoms with Gasteiger partial charge in [-0.2, -0.15) is 0 Å². The molecule has 16 nitrogen and oxygen atoms in total. The van der Waals surface area contributed by atoms with Crippen molar-refractivity contribution in [3.63, 3.8) is 0 Å². The quantitative estimate of drug-likeness (QED) is 0.242. The molecule has 3 aliphatic heterocycles. The fourth-order valence-corrected chi connectivity index (χ4v) is 3.93. The SMILES string of the molecule is C1COCCN2CCOCCOCCN(CCO1)CCOCCOCC2.O=[N+]([O-])c1ccc([O-])cc1.O=[N+]([O-])c1ccc([O-])cc1.[Ca+2]. The molecule has 2 bridgehead atoms. The predicted octanol–water partition coefficient (Wildman–Crippen LogP) is 0.673. The molecule has 2 aromatic rings. The topological polar surface area (TPSA) is 194 Å². The maximum absolute atomic E-state index is 10.4. The van der Waals surface area contributed by atoms with Crippen LogP contribution >= 0.6 is 0 Å². The van der Waals surface area contributed by atoms with Gasteiger partial charge in [-0.05, 0) is 0 Å². The fourth-order valence-electron chi connectivity index (χ4n) is 3.93. The van der Waals surface area contributed by atoms with Gasteiger partial charge in [-0.15, -0.1) is 11.5 Å². The Morgan fingerprint density at radius 1 is 0.426 bits per heavy atom. The van der Waals surface area contributed by atoms with Crippen molar-refractivity contribution in [3.8, 4) is 11.5 Å². The summed E-state index contributed by atoms with van der Waals surface area (Å²) in [4.78, 5) is 23.6. The molecule has 0 atom stereocenters. The van der Waals surface area contributed by atoms with Crippen LogP contribution in [0, 0.1) is 20.2 Å². The second kappa shape index (κ2) is 27.7. The van der Waals surface area contributed by atoms with Crippen LogP contribution in [0.3, 0.4) is 0 Å². The molecular weight excluding hydrogens is 648 g/mol. The average Bonchev–Trinajstić information content (AvgIpc) is 3.04. The minimum atomic E-state index is -0.542. The Bertz CT molecular complexity index is 953. The molecule has 3 fully saturated rings. The zero-order chi connectivity index (χ0) is 33.2. The summed E-state index contributed by atoms with van der Waals surface area (Å²) in [6, 6.07) is 9.39. The van der Waals surface area contributed by atoms with E-state index in [9.17, 15) is 30.4 Å². The van der Waals surface area contributed by atoms with Crippen molar-refractivity contribution in [2.75, 3.05) is 119 Å². The Morgan fingerprint density at radius 3 is 0.830 bits per heavy atom. The van der Waals surface area contributed by atoms with E-state index in [1.165, 1.54) is 24.3 Å². The third-order valence-electron chi connectivity index (χ3n) is 6.52. The molecule has 3 aliphatic rings. The van der Waals surface area contributed by atoms with Crippen LogP contribution in [-0.4, -0.2) is 176 Å². The first-order valence-corrected chi connectivity index (χ1v) is 15.1. The smallest absolute Gasteiger partial charge is 0.872 e. The normalized spacial score (nSPS) is 20.8. The van der Waals surface area contributed by atoms with E-state index < -0.39 is 9.85 Å². The van der Waals surface area contributed by atoms with Crippen LogP contribution in [0.2, 0.25) is 0 Å². The third-order valence-corrected chi connectivity index (χ3v) is 6.52. The Labute approximate surface area is 304 Å². The Hall–Kier alpha value is -2.22. The molecule has 47 heavy (non-hydrogen) atoms. The van der Waals surface area contributed by atoms with Crippen LogP contribution in [-0.2, 0) is 28.4 Å². The molecule has 0 aliphatic carbocycles. The summed E-state index contributed by atoms with van der Waals surface area (Å²) >= 11 is 0. The maximum atomic E-state index is 10.4. The van der Waals surface area contributed by atoms with Crippen molar-refractivity contribution in [1.82, 2.24) is 9.80 Å². The molecular formula is C30H44CaN4O12. The van der Waals surface area contributed by atoms with Crippen LogP contribution < -0.4 is 10.2 Å². The Morgan fingerprint density at radius 2 is 0.638 bits per heavy atom. The van der Waals surface area contributed by atoms with Gasteiger partial charge in [-0.1, -0.05) is 24.3 Å². The number of benzene rings is 2. The Kier molecular flexibility index (Phi) is 25.2. The first-order chi connectivity index (χ1) is 22.3. The van der Waals surface area contributed by atoms with Gasteiger partial charge in [0.15, 0.2) is 0 Å². The van der Waals surface area contributed by atoms with Crippen molar-refractivity contribution >= 4 is 49.1 Å². The van der Waals surface area contributed by atoms with Crippen molar-refractivity contribution in [2.45, 2.75) is 0 Å². The molecule has 3 heterocycles. The van der Waals surface area contributed by atoms with Crippen molar-refractivity contribution in [3.05, 3.63) is 68.8 Å². The van der Waals surface area contributed by atoms with E-state index in [4.69, 9.17) is 28.4 Å². The van der Waals surface area contributed by atoms with Crippen LogP contribution in [0.25, 0.3) is 0 Å². The molecule has 258 valence electrons. The number of fused-ring (bicyclic) bond motifs is 21. The molecule has 0 N–H and O–H groups in total. The van der Waals surface area contributed by atoms with Gasteiger partial charge in [0.1, 0.15) is 0 Å². The summed E-state index contributed by atoms with van der Waals surface area (Å²) in [5.41, 5.74) is -0.112. The van der Waals surface area contributed by atoms with Gasteiger partial charge < -0.3 is 38.6 Å². The van der Waals surface area contributed by atoms with Crippen molar-refractivity contribution < 1.29 is 48.5 Å². The number of nitro benzene ring substituents is 2. The Balaban J connectivity index is 0.000000429. The predicted molar refractivity (Wildman–Crippen MR) is 169 cm³/mol. The summed E-state index contributed by atoms with van der Waals surface area (Å²) in [6.45, 7) is 13.2. The van der Waals surface area contributed by atoms with Gasteiger partial charge in [0.25, 0.3) is 11.4 Å². The van der Waals surface area contributed by atoms with Gasteiger partial charge in [0, 0.05) is 63.5 Å². The number of hydrogen-bond acceptors (Lipinski definition) is 14. The molecule has 5 rings (SSSR count). The minimum absolute atomic E-state index is 0. The van der Waals surface area contributed by atoms with Crippen LogP contribution in [0.4, 0.5) is 11.4 Å². The van der Waals surface area contributed by atoms with Crippen LogP contribution in [0.5, 0.6) is 11.5 Å². The number of ether oxygens (including phenoxy) is 6. The van der Waals surface area contributed by atoms with Crippen molar-refractivity contribution in [1.29, 1.82) is 0 Å². The second-order valence-electron chi connectivity index (χ2n) is 9.86. The number of hydrogen-bond donors (Lipinski definition) is 0. The van der Waals surface area contributed by atoms with Gasteiger partial charge in [-0.3, -0.25) is 30.0 Å². The number of nitrogens with zero attached hydrogens (tertiary/aromatic N) is 4. The number of nitro groups is 2. The summed E-state index contributed by atoms with van der Waals surface area (Å²) < 4.78 is 34.2. The van der Waals surface area contributed by atoms with E-state index in [-0.39, 0.29) is 60.6 Å². The molecule has 2 aromatic carbocycles. The summed E-state index contributed by atoms with van der Waals surface area (Å²) in [7, 11) is 0. The molecule has 0 radical (unpaired) electrons. The van der Waals surface area contributed by atoms with Crippen LogP contribution in [0.15, 0.2) is 48.5 Å². The van der Waals surface area contributed by atoms with E-state index in [1.54, 1.807) is 0 Å². The van der Waals surface area contributed by atoms with E-state index in [2.05, 4.69) is 9.80 Å². The van der Waals surface area contributed by atoms with Gasteiger partial charge in [0.2, 0.25) is 0 Å². The summed E-state index contributed by atoms with van der Waals surface area (Å²) in [5, 5.41) is 40.9. The second-order valence-corrected chi connectivity index (χ2v) is 9.86.